The highest BCUT2D eigenvalue weighted by molar-refractivity contribution is 5.32. The molecule has 5 rings (SSSR count). The van der Waals surface area contributed by atoms with Crippen LogP contribution in [0.15, 0.2) is 11.6 Å². The van der Waals surface area contributed by atoms with E-state index in [4.69, 9.17) is 0 Å². The molecule has 0 amide bonds. The molecule has 0 aromatic heterocycles. The molecule has 4 saturated carbocycles. The van der Waals surface area contributed by atoms with Gasteiger partial charge in [-0.2, -0.15) is 0 Å². The number of hydrogen-bond acceptors (Lipinski definition) is 2. The summed E-state index contributed by atoms with van der Waals surface area (Å²) in [5, 5.41) is 22.4. The minimum absolute atomic E-state index is 0.0926. The molecule has 0 heterocycles. The predicted molar refractivity (Wildman–Crippen MR) is 132 cm³/mol. The van der Waals surface area contributed by atoms with E-state index in [0.29, 0.717) is 40.4 Å². The fourth-order valence-electron chi connectivity index (χ4n) is 10.6. The monoisotopic (exact) mass is 442 g/mol. The first-order valence-corrected chi connectivity index (χ1v) is 13.7. The van der Waals surface area contributed by atoms with E-state index < -0.39 is 6.10 Å². The summed E-state index contributed by atoms with van der Waals surface area (Å²) in [7, 11) is 0. The summed E-state index contributed by atoms with van der Waals surface area (Å²) in [6, 6.07) is 0. The fourth-order valence-corrected chi connectivity index (χ4v) is 10.6. The SMILES string of the molecule is CC1(C)C=C2[C@H]3CC[C@@H]4[C@@]5(C)[C@H](O)C[C@H](O)C(C)(C)[C@@H]5CC[C@@]4(C)[C@]3(C)CC[C@@]2(C)CC1. The Morgan fingerprint density at radius 2 is 1.34 bits per heavy atom. The Morgan fingerprint density at radius 1 is 0.688 bits per heavy atom. The van der Waals surface area contributed by atoms with Crippen molar-refractivity contribution in [2.75, 3.05) is 0 Å². The molecular weight excluding hydrogens is 392 g/mol. The standard InChI is InChI=1S/C30H50O2/c1-25(2)13-14-27(5)15-16-28(6)19(20(27)18-25)9-10-22-29(28,7)12-11-21-26(3,4)23(31)17-24(32)30(21,22)8/h18-19,21-24,31-32H,9-17H2,1-8H3/t19-,21+,22+,23+,24-,27-,28-,29-,30+/m1/s1. The molecule has 2 N–H and O–H groups in total. The highest BCUT2D eigenvalue weighted by Crippen LogP contribution is 2.76. The lowest BCUT2D eigenvalue weighted by molar-refractivity contribution is -0.262. The Morgan fingerprint density at radius 3 is 2.03 bits per heavy atom. The van der Waals surface area contributed by atoms with Gasteiger partial charge in [-0.1, -0.05) is 67.0 Å². The Kier molecular flexibility index (Phi) is 4.87. The molecule has 0 saturated heterocycles. The third kappa shape index (κ3) is 2.72. The van der Waals surface area contributed by atoms with Crippen molar-refractivity contribution in [2.45, 2.75) is 125 Å². The van der Waals surface area contributed by atoms with Crippen LogP contribution in [0, 0.1) is 50.2 Å². The molecule has 2 heteroatoms. The summed E-state index contributed by atoms with van der Waals surface area (Å²) in [5.74, 6) is 1.63. The van der Waals surface area contributed by atoms with Crippen LogP contribution in [-0.4, -0.2) is 22.4 Å². The van der Waals surface area contributed by atoms with Gasteiger partial charge in [0.1, 0.15) is 0 Å². The Labute approximate surface area is 197 Å². The second-order valence-electron chi connectivity index (χ2n) is 15.2. The van der Waals surface area contributed by atoms with Crippen LogP contribution in [0.1, 0.15) is 113 Å². The van der Waals surface area contributed by atoms with Crippen molar-refractivity contribution in [3.05, 3.63) is 11.6 Å². The maximum absolute atomic E-state index is 11.5. The molecule has 0 bridgehead atoms. The average molecular weight is 443 g/mol. The van der Waals surface area contributed by atoms with E-state index in [9.17, 15) is 10.2 Å². The average Bonchev–Trinajstić information content (AvgIpc) is 2.68. The zero-order chi connectivity index (χ0) is 23.5. The van der Waals surface area contributed by atoms with Crippen molar-refractivity contribution in [1.82, 2.24) is 0 Å². The summed E-state index contributed by atoms with van der Waals surface area (Å²) in [4.78, 5) is 0. The Bertz CT molecular complexity index is 825. The number of aliphatic hydroxyl groups is 2. The maximum Gasteiger partial charge on any atom is 0.0624 e. The van der Waals surface area contributed by atoms with Gasteiger partial charge in [-0.15, -0.1) is 0 Å². The first kappa shape index (κ1) is 23.4. The zero-order valence-corrected chi connectivity index (χ0v) is 22.2. The first-order valence-electron chi connectivity index (χ1n) is 13.7. The number of hydrogen-bond donors (Lipinski definition) is 2. The van der Waals surface area contributed by atoms with E-state index >= 15 is 0 Å². The van der Waals surface area contributed by atoms with Crippen LogP contribution in [-0.2, 0) is 0 Å². The highest BCUT2D eigenvalue weighted by atomic mass is 16.3. The Hall–Kier alpha value is -0.340. The van der Waals surface area contributed by atoms with Crippen LogP contribution in [0.3, 0.4) is 0 Å². The fraction of sp³-hybridized carbons (Fsp3) is 0.933. The number of fused-ring (bicyclic) bond motifs is 7. The number of allylic oxidation sites excluding steroid dienone is 2. The van der Waals surface area contributed by atoms with Crippen LogP contribution in [0.25, 0.3) is 0 Å². The topological polar surface area (TPSA) is 40.5 Å². The molecule has 0 spiro atoms. The third-order valence-electron chi connectivity index (χ3n) is 13.1. The summed E-state index contributed by atoms with van der Waals surface area (Å²) in [6.07, 6.45) is 12.7. The van der Waals surface area contributed by atoms with Crippen molar-refractivity contribution in [3.63, 3.8) is 0 Å². The van der Waals surface area contributed by atoms with Gasteiger partial charge in [0.05, 0.1) is 12.2 Å². The second kappa shape index (κ2) is 6.66. The number of rotatable bonds is 0. The predicted octanol–water partition coefficient (Wildman–Crippen LogP) is 7.14. The molecule has 0 aliphatic heterocycles. The molecule has 4 fully saturated rings. The van der Waals surface area contributed by atoms with E-state index in [1.807, 2.05) is 0 Å². The smallest absolute Gasteiger partial charge is 0.0624 e. The van der Waals surface area contributed by atoms with Gasteiger partial charge >= 0.3 is 0 Å². The molecule has 0 unspecified atom stereocenters. The van der Waals surface area contributed by atoms with Crippen LogP contribution in [0.2, 0.25) is 0 Å². The van der Waals surface area contributed by atoms with Gasteiger partial charge in [0.25, 0.3) is 0 Å². The molecule has 182 valence electrons. The molecule has 2 nitrogen and oxygen atoms in total. The van der Waals surface area contributed by atoms with E-state index in [1.54, 1.807) is 5.57 Å². The van der Waals surface area contributed by atoms with Crippen molar-refractivity contribution < 1.29 is 10.2 Å². The quantitative estimate of drug-likeness (QED) is 0.391. The van der Waals surface area contributed by atoms with Crippen LogP contribution in [0.5, 0.6) is 0 Å². The molecule has 5 aliphatic rings. The van der Waals surface area contributed by atoms with Crippen LogP contribution < -0.4 is 0 Å². The molecule has 9 atom stereocenters. The van der Waals surface area contributed by atoms with E-state index in [0.717, 1.165) is 6.42 Å². The molecule has 0 radical (unpaired) electrons. The van der Waals surface area contributed by atoms with Gasteiger partial charge in [-0.25, -0.2) is 0 Å². The molecular formula is C30H50O2. The lowest BCUT2D eigenvalue weighted by atomic mass is 9.32. The van der Waals surface area contributed by atoms with Crippen molar-refractivity contribution in [3.8, 4) is 0 Å². The molecule has 0 aromatic carbocycles. The summed E-state index contributed by atoms with van der Waals surface area (Å²) in [5.41, 5.74) is 2.88. The second-order valence-corrected chi connectivity index (χ2v) is 15.2. The molecule has 0 aromatic rings. The first-order chi connectivity index (χ1) is 14.6. The van der Waals surface area contributed by atoms with Crippen LogP contribution in [0.4, 0.5) is 0 Å². The van der Waals surface area contributed by atoms with E-state index in [1.165, 1.54) is 44.9 Å². The van der Waals surface area contributed by atoms with Gasteiger partial charge < -0.3 is 10.2 Å². The minimum Gasteiger partial charge on any atom is -0.392 e. The van der Waals surface area contributed by atoms with Gasteiger partial charge in [0.2, 0.25) is 0 Å². The highest BCUT2D eigenvalue weighted by Gasteiger charge is 2.70. The normalized spacial score (nSPS) is 56.2. The largest absolute Gasteiger partial charge is 0.392 e. The van der Waals surface area contributed by atoms with Crippen LogP contribution >= 0.6 is 0 Å². The van der Waals surface area contributed by atoms with Gasteiger partial charge in [0, 0.05) is 11.8 Å². The summed E-state index contributed by atoms with van der Waals surface area (Å²) < 4.78 is 0. The zero-order valence-electron chi connectivity index (χ0n) is 22.2. The van der Waals surface area contributed by atoms with Crippen molar-refractivity contribution in [2.24, 2.45) is 50.2 Å². The van der Waals surface area contributed by atoms with Gasteiger partial charge in [-0.05, 0) is 96.2 Å². The summed E-state index contributed by atoms with van der Waals surface area (Å²) in [6.45, 7) is 19.7. The maximum atomic E-state index is 11.5. The minimum atomic E-state index is -0.392. The summed E-state index contributed by atoms with van der Waals surface area (Å²) >= 11 is 0. The molecule has 32 heavy (non-hydrogen) atoms. The number of aliphatic hydroxyl groups excluding tert-OH is 2. The molecule has 5 aliphatic carbocycles. The van der Waals surface area contributed by atoms with Crippen molar-refractivity contribution >= 4 is 0 Å². The Balaban J connectivity index is 1.58. The van der Waals surface area contributed by atoms with E-state index in [2.05, 4.69) is 61.5 Å². The van der Waals surface area contributed by atoms with Gasteiger partial charge in [-0.3, -0.25) is 0 Å². The lowest BCUT2D eigenvalue weighted by Crippen LogP contribution is -2.69. The lowest BCUT2D eigenvalue weighted by Gasteiger charge is -2.73. The van der Waals surface area contributed by atoms with Crippen molar-refractivity contribution in [1.29, 1.82) is 0 Å². The van der Waals surface area contributed by atoms with Gasteiger partial charge in [0.15, 0.2) is 0 Å². The third-order valence-corrected chi connectivity index (χ3v) is 13.1. The van der Waals surface area contributed by atoms with E-state index in [-0.39, 0.29) is 22.3 Å².